The molecule has 1 aliphatic rings. The molecule has 4 heteroatoms. The number of hydrogen-bond donors (Lipinski definition) is 1. The van der Waals surface area contributed by atoms with Crippen LogP contribution in [0.15, 0.2) is 24.3 Å². The van der Waals surface area contributed by atoms with E-state index in [1.807, 2.05) is 38.1 Å². The van der Waals surface area contributed by atoms with Crippen molar-refractivity contribution in [2.75, 3.05) is 13.1 Å². The number of carboxylic acids is 1. The molecule has 0 fully saturated rings. The van der Waals surface area contributed by atoms with Crippen LogP contribution in [0.25, 0.3) is 0 Å². The molecule has 4 nitrogen and oxygen atoms in total. The first-order valence-electron chi connectivity index (χ1n) is 6.87. The predicted octanol–water partition coefficient (Wildman–Crippen LogP) is 2.61. The van der Waals surface area contributed by atoms with E-state index in [2.05, 4.69) is 11.0 Å². The predicted molar refractivity (Wildman–Crippen MR) is 76.1 cm³/mol. The summed E-state index contributed by atoms with van der Waals surface area (Å²) in [7, 11) is 0. The van der Waals surface area contributed by atoms with Crippen molar-refractivity contribution >= 4 is 5.97 Å². The summed E-state index contributed by atoms with van der Waals surface area (Å²) in [5.41, 5.74) is 1.65. The third kappa shape index (κ3) is 3.17. The number of nitrogens with zero attached hydrogens (tertiary/aromatic N) is 2. The maximum Gasteiger partial charge on any atom is 0.312 e. The lowest BCUT2D eigenvalue weighted by Crippen LogP contribution is -2.38. The van der Waals surface area contributed by atoms with Crippen molar-refractivity contribution in [2.45, 2.75) is 32.7 Å². The molecule has 1 heterocycles. The Bertz CT molecular complexity index is 546. The molecule has 0 aliphatic carbocycles. The van der Waals surface area contributed by atoms with Gasteiger partial charge in [-0.05, 0) is 31.4 Å². The van der Waals surface area contributed by atoms with Gasteiger partial charge in [0.1, 0.15) is 0 Å². The molecule has 0 saturated carbocycles. The van der Waals surface area contributed by atoms with E-state index >= 15 is 0 Å². The fourth-order valence-corrected chi connectivity index (χ4v) is 2.56. The van der Waals surface area contributed by atoms with Gasteiger partial charge >= 0.3 is 5.97 Å². The highest BCUT2D eigenvalue weighted by Crippen LogP contribution is 2.29. The Morgan fingerprint density at radius 2 is 2.20 bits per heavy atom. The van der Waals surface area contributed by atoms with Crippen LogP contribution >= 0.6 is 0 Å². The molecule has 1 unspecified atom stereocenters. The molecule has 1 aromatic rings. The quantitative estimate of drug-likeness (QED) is 0.915. The van der Waals surface area contributed by atoms with Crippen LogP contribution < -0.4 is 0 Å². The smallest absolute Gasteiger partial charge is 0.312 e. The summed E-state index contributed by atoms with van der Waals surface area (Å²) in [5.74, 6) is -1.24. The number of carbonyl (C=O) groups is 1. The summed E-state index contributed by atoms with van der Waals surface area (Å²) in [5, 5.41) is 18.5. The summed E-state index contributed by atoms with van der Waals surface area (Å²) in [6.07, 6.45) is 0.748. The van der Waals surface area contributed by atoms with E-state index < -0.39 is 11.9 Å². The van der Waals surface area contributed by atoms with Crippen molar-refractivity contribution in [2.24, 2.45) is 5.41 Å². The minimum Gasteiger partial charge on any atom is -0.481 e. The highest BCUT2D eigenvalue weighted by atomic mass is 16.4. The Morgan fingerprint density at radius 1 is 1.50 bits per heavy atom. The summed E-state index contributed by atoms with van der Waals surface area (Å²) in [4.78, 5) is 13.6. The molecule has 0 spiro atoms. The fraction of sp³-hybridized carbons (Fsp3) is 0.500. The second-order valence-electron chi connectivity index (χ2n) is 6.07. The van der Waals surface area contributed by atoms with Crippen molar-refractivity contribution in [1.82, 2.24) is 4.90 Å². The maximum atomic E-state index is 11.4. The van der Waals surface area contributed by atoms with Gasteiger partial charge in [0.05, 0.1) is 17.4 Å². The summed E-state index contributed by atoms with van der Waals surface area (Å²) < 4.78 is 0. The Balaban J connectivity index is 2.13. The van der Waals surface area contributed by atoms with Crippen molar-refractivity contribution in [3.63, 3.8) is 0 Å². The SMILES string of the molecule is CC(C)(C#N)CCN1Cc2ccccc2C(C(=O)O)C1. The molecule has 0 radical (unpaired) electrons. The fourth-order valence-electron chi connectivity index (χ4n) is 2.56. The van der Waals surface area contributed by atoms with E-state index in [-0.39, 0.29) is 5.41 Å². The van der Waals surface area contributed by atoms with Crippen molar-refractivity contribution in [3.05, 3.63) is 35.4 Å². The van der Waals surface area contributed by atoms with Crippen LogP contribution in [0.3, 0.4) is 0 Å². The minimum absolute atomic E-state index is 0.365. The van der Waals surface area contributed by atoms with E-state index in [1.165, 1.54) is 0 Å². The van der Waals surface area contributed by atoms with Gasteiger partial charge in [-0.2, -0.15) is 5.26 Å². The summed E-state index contributed by atoms with van der Waals surface area (Å²) in [6, 6.07) is 10.0. The zero-order valence-corrected chi connectivity index (χ0v) is 12.0. The van der Waals surface area contributed by atoms with Gasteiger partial charge in [-0.25, -0.2) is 0 Å². The Morgan fingerprint density at radius 3 is 2.85 bits per heavy atom. The largest absolute Gasteiger partial charge is 0.481 e. The van der Waals surface area contributed by atoms with Crippen LogP contribution in [0, 0.1) is 16.7 Å². The summed E-state index contributed by atoms with van der Waals surface area (Å²) in [6.45, 7) is 5.87. The Kier molecular flexibility index (Phi) is 4.10. The van der Waals surface area contributed by atoms with E-state index in [9.17, 15) is 9.90 Å². The Hall–Kier alpha value is -1.86. The molecular formula is C16H20N2O2. The maximum absolute atomic E-state index is 11.4. The molecule has 1 atom stereocenters. The molecule has 20 heavy (non-hydrogen) atoms. The van der Waals surface area contributed by atoms with Crippen LogP contribution in [0.4, 0.5) is 0 Å². The Labute approximate surface area is 119 Å². The number of nitriles is 1. The normalized spacial score (nSPS) is 19.1. The van der Waals surface area contributed by atoms with E-state index in [0.29, 0.717) is 6.54 Å². The molecule has 0 amide bonds. The monoisotopic (exact) mass is 272 g/mol. The number of rotatable bonds is 4. The molecule has 0 saturated heterocycles. The lowest BCUT2D eigenvalue weighted by atomic mass is 9.87. The van der Waals surface area contributed by atoms with Gasteiger partial charge in [0.15, 0.2) is 0 Å². The number of hydrogen-bond acceptors (Lipinski definition) is 3. The number of carboxylic acid groups (broad SMARTS) is 1. The van der Waals surface area contributed by atoms with Gasteiger partial charge in [-0.1, -0.05) is 24.3 Å². The van der Waals surface area contributed by atoms with Crippen LogP contribution in [0.5, 0.6) is 0 Å². The molecular weight excluding hydrogens is 252 g/mol. The van der Waals surface area contributed by atoms with E-state index in [0.717, 1.165) is 30.6 Å². The van der Waals surface area contributed by atoms with Gasteiger partial charge in [0, 0.05) is 19.6 Å². The highest BCUT2D eigenvalue weighted by Gasteiger charge is 2.30. The lowest BCUT2D eigenvalue weighted by molar-refractivity contribution is -0.139. The molecule has 1 N–H and O–H groups in total. The van der Waals surface area contributed by atoms with Gasteiger partial charge in [-0.15, -0.1) is 0 Å². The molecule has 0 aromatic heterocycles. The molecule has 1 aromatic carbocycles. The number of aliphatic carboxylic acids is 1. The average molecular weight is 272 g/mol. The van der Waals surface area contributed by atoms with Gasteiger partial charge < -0.3 is 5.11 Å². The first kappa shape index (κ1) is 14.5. The van der Waals surface area contributed by atoms with Crippen molar-refractivity contribution < 1.29 is 9.90 Å². The van der Waals surface area contributed by atoms with Gasteiger partial charge in [0.25, 0.3) is 0 Å². The third-order valence-electron chi connectivity index (χ3n) is 3.92. The van der Waals surface area contributed by atoms with Gasteiger partial charge in [0.2, 0.25) is 0 Å². The number of fused-ring (bicyclic) bond motifs is 1. The van der Waals surface area contributed by atoms with E-state index in [1.54, 1.807) is 0 Å². The zero-order chi connectivity index (χ0) is 14.8. The first-order valence-corrected chi connectivity index (χ1v) is 6.87. The third-order valence-corrected chi connectivity index (χ3v) is 3.92. The van der Waals surface area contributed by atoms with Crippen molar-refractivity contribution in [3.8, 4) is 6.07 Å². The highest BCUT2D eigenvalue weighted by molar-refractivity contribution is 5.77. The van der Waals surface area contributed by atoms with Crippen LogP contribution in [-0.2, 0) is 11.3 Å². The van der Waals surface area contributed by atoms with Crippen LogP contribution in [-0.4, -0.2) is 29.1 Å². The molecule has 106 valence electrons. The second-order valence-corrected chi connectivity index (χ2v) is 6.07. The second kappa shape index (κ2) is 5.64. The topological polar surface area (TPSA) is 64.3 Å². The molecule has 0 bridgehead atoms. The van der Waals surface area contributed by atoms with Crippen LogP contribution in [0.1, 0.15) is 37.3 Å². The molecule has 2 rings (SSSR count). The minimum atomic E-state index is -0.776. The van der Waals surface area contributed by atoms with Crippen LogP contribution in [0.2, 0.25) is 0 Å². The zero-order valence-electron chi connectivity index (χ0n) is 12.0. The van der Waals surface area contributed by atoms with Crippen molar-refractivity contribution in [1.29, 1.82) is 5.26 Å². The van der Waals surface area contributed by atoms with E-state index in [4.69, 9.17) is 5.26 Å². The lowest BCUT2D eigenvalue weighted by Gasteiger charge is -2.33. The average Bonchev–Trinajstić information content (AvgIpc) is 2.44. The number of benzene rings is 1. The molecule has 1 aliphatic heterocycles. The first-order chi connectivity index (χ1) is 9.43. The standard InChI is InChI=1S/C16H20N2O2/c1-16(2,11-17)7-8-18-9-12-5-3-4-6-13(12)14(10-18)15(19)20/h3-6,14H,7-10H2,1-2H3,(H,19,20). The van der Waals surface area contributed by atoms with Gasteiger partial charge in [-0.3, -0.25) is 9.69 Å². The summed E-state index contributed by atoms with van der Waals surface area (Å²) >= 11 is 0.